The van der Waals surface area contributed by atoms with E-state index in [9.17, 15) is 5.11 Å². The van der Waals surface area contributed by atoms with Gasteiger partial charge in [-0.25, -0.2) is 4.98 Å². The second kappa shape index (κ2) is 4.03. The van der Waals surface area contributed by atoms with Crippen molar-refractivity contribution in [2.45, 2.75) is 6.92 Å². The number of rotatable bonds is 1. The molecule has 0 saturated heterocycles. The zero-order valence-corrected chi connectivity index (χ0v) is 10.5. The SMILES string of the molecule is Cc1ccc2c(Cl)nc(-c3ccc(O)cc3)n2c1. The van der Waals surface area contributed by atoms with Crippen molar-refractivity contribution >= 4 is 17.1 Å². The van der Waals surface area contributed by atoms with Crippen molar-refractivity contribution in [1.29, 1.82) is 0 Å². The smallest absolute Gasteiger partial charge is 0.155 e. The maximum atomic E-state index is 9.31. The summed E-state index contributed by atoms with van der Waals surface area (Å²) >= 11 is 6.13. The molecule has 0 aliphatic carbocycles. The van der Waals surface area contributed by atoms with Gasteiger partial charge in [0.25, 0.3) is 0 Å². The van der Waals surface area contributed by atoms with Gasteiger partial charge in [0.05, 0.1) is 5.52 Å². The van der Waals surface area contributed by atoms with Crippen LogP contribution in [-0.4, -0.2) is 14.5 Å². The Balaban J connectivity index is 2.28. The molecule has 2 aromatic heterocycles. The quantitative estimate of drug-likeness (QED) is 0.723. The Labute approximate surface area is 109 Å². The molecule has 0 aliphatic rings. The fourth-order valence-corrected chi connectivity index (χ4v) is 2.20. The van der Waals surface area contributed by atoms with Crippen LogP contribution in [-0.2, 0) is 0 Å². The third kappa shape index (κ3) is 1.73. The fraction of sp³-hybridized carbons (Fsp3) is 0.0714. The first-order chi connectivity index (χ1) is 8.65. The van der Waals surface area contributed by atoms with Gasteiger partial charge in [0, 0.05) is 11.8 Å². The molecule has 3 aromatic rings. The highest BCUT2D eigenvalue weighted by atomic mass is 35.5. The van der Waals surface area contributed by atoms with Gasteiger partial charge in [-0.05, 0) is 42.8 Å². The first kappa shape index (κ1) is 11.1. The summed E-state index contributed by atoms with van der Waals surface area (Å²) in [6.45, 7) is 2.02. The monoisotopic (exact) mass is 258 g/mol. The first-order valence-electron chi connectivity index (χ1n) is 5.59. The van der Waals surface area contributed by atoms with Crippen molar-refractivity contribution in [1.82, 2.24) is 9.38 Å². The van der Waals surface area contributed by atoms with Gasteiger partial charge in [0.15, 0.2) is 5.15 Å². The van der Waals surface area contributed by atoms with Crippen molar-refractivity contribution < 1.29 is 5.11 Å². The summed E-state index contributed by atoms with van der Waals surface area (Å²) in [5.74, 6) is 1.01. The lowest BCUT2D eigenvalue weighted by Crippen LogP contribution is -1.89. The molecule has 0 saturated carbocycles. The lowest BCUT2D eigenvalue weighted by atomic mass is 10.2. The number of nitrogens with zero attached hydrogens (tertiary/aromatic N) is 2. The minimum atomic E-state index is 0.238. The van der Waals surface area contributed by atoms with E-state index in [0.717, 1.165) is 22.5 Å². The van der Waals surface area contributed by atoms with E-state index in [1.54, 1.807) is 12.1 Å². The van der Waals surface area contributed by atoms with E-state index in [-0.39, 0.29) is 5.75 Å². The Bertz CT molecular complexity index is 716. The van der Waals surface area contributed by atoms with Gasteiger partial charge >= 0.3 is 0 Å². The Kier molecular flexibility index (Phi) is 2.49. The van der Waals surface area contributed by atoms with E-state index >= 15 is 0 Å². The number of fused-ring (bicyclic) bond motifs is 1. The number of aromatic hydroxyl groups is 1. The topological polar surface area (TPSA) is 37.5 Å². The maximum Gasteiger partial charge on any atom is 0.155 e. The first-order valence-corrected chi connectivity index (χ1v) is 5.96. The van der Waals surface area contributed by atoms with Crippen molar-refractivity contribution in [2.75, 3.05) is 0 Å². The molecule has 4 heteroatoms. The zero-order valence-electron chi connectivity index (χ0n) is 9.76. The normalized spacial score (nSPS) is 11.0. The molecule has 2 heterocycles. The number of hydrogen-bond donors (Lipinski definition) is 1. The number of phenolic OH excluding ortho intramolecular Hbond substituents is 1. The summed E-state index contributed by atoms with van der Waals surface area (Å²) in [5.41, 5.74) is 2.93. The average molecular weight is 259 g/mol. The van der Waals surface area contributed by atoms with Gasteiger partial charge < -0.3 is 5.11 Å². The molecular weight excluding hydrogens is 248 g/mol. The zero-order chi connectivity index (χ0) is 12.7. The third-order valence-electron chi connectivity index (χ3n) is 2.87. The van der Waals surface area contributed by atoms with E-state index in [0.29, 0.717) is 5.15 Å². The van der Waals surface area contributed by atoms with Crippen LogP contribution in [0, 0.1) is 6.92 Å². The predicted molar refractivity (Wildman–Crippen MR) is 72.0 cm³/mol. The summed E-state index contributed by atoms with van der Waals surface area (Å²) in [7, 11) is 0. The summed E-state index contributed by atoms with van der Waals surface area (Å²) < 4.78 is 1.96. The predicted octanol–water partition coefficient (Wildman–Crippen LogP) is 3.67. The molecule has 0 radical (unpaired) electrons. The molecule has 0 amide bonds. The number of benzene rings is 1. The molecule has 0 aliphatic heterocycles. The van der Waals surface area contributed by atoms with Crippen LogP contribution in [0.5, 0.6) is 5.75 Å². The van der Waals surface area contributed by atoms with E-state index in [1.807, 2.05) is 41.8 Å². The van der Waals surface area contributed by atoms with Crippen LogP contribution in [0.15, 0.2) is 42.6 Å². The van der Waals surface area contributed by atoms with Crippen LogP contribution in [0.3, 0.4) is 0 Å². The molecule has 90 valence electrons. The van der Waals surface area contributed by atoms with Gasteiger partial charge in [-0.2, -0.15) is 0 Å². The largest absolute Gasteiger partial charge is 0.508 e. The highest BCUT2D eigenvalue weighted by molar-refractivity contribution is 6.32. The number of phenols is 1. The summed E-state index contributed by atoms with van der Waals surface area (Å²) in [6, 6.07) is 10.9. The van der Waals surface area contributed by atoms with Crippen molar-refractivity contribution in [3.05, 3.63) is 53.3 Å². The van der Waals surface area contributed by atoms with Gasteiger partial charge in [0.2, 0.25) is 0 Å². The highest BCUT2D eigenvalue weighted by Crippen LogP contribution is 2.27. The molecule has 0 spiro atoms. The van der Waals surface area contributed by atoms with Crippen molar-refractivity contribution in [3.63, 3.8) is 0 Å². The molecule has 3 rings (SSSR count). The Morgan fingerprint density at radius 1 is 1.11 bits per heavy atom. The van der Waals surface area contributed by atoms with E-state index in [4.69, 9.17) is 11.6 Å². The van der Waals surface area contributed by atoms with Crippen LogP contribution < -0.4 is 0 Å². The van der Waals surface area contributed by atoms with Crippen molar-refractivity contribution in [2.24, 2.45) is 0 Å². The van der Waals surface area contributed by atoms with Crippen molar-refractivity contribution in [3.8, 4) is 17.1 Å². The molecule has 3 nitrogen and oxygen atoms in total. The number of aromatic nitrogens is 2. The Hall–Kier alpha value is -2.00. The summed E-state index contributed by atoms with van der Waals surface area (Å²) in [6.07, 6.45) is 2.00. The minimum absolute atomic E-state index is 0.238. The standard InChI is InChI=1S/C14H11ClN2O/c1-9-2-7-12-13(15)16-14(17(12)8-9)10-3-5-11(18)6-4-10/h2-8,18H,1H3. The van der Waals surface area contributed by atoms with Crippen LogP contribution in [0.25, 0.3) is 16.9 Å². The number of aryl methyl sites for hydroxylation is 1. The van der Waals surface area contributed by atoms with Crippen LogP contribution in [0.4, 0.5) is 0 Å². The molecule has 0 atom stereocenters. The summed E-state index contributed by atoms with van der Waals surface area (Å²) in [4.78, 5) is 4.38. The molecule has 1 aromatic carbocycles. The number of halogens is 1. The molecule has 0 bridgehead atoms. The Morgan fingerprint density at radius 3 is 2.56 bits per heavy atom. The molecule has 1 N–H and O–H groups in total. The second-order valence-corrected chi connectivity index (χ2v) is 4.59. The minimum Gasteiger partial charge on any atom is -0.508 e. The third-order valence-corrected chi connectivity index (χ3v) is 3.14. The van der Waals surface area contributed by atoms with E-state index in [1.165, 1.54) is 0 Å². The molecule has 0 fully saturated rings. The second-order valence-electron chi connectivity index (χ2n) is 4.23. The van der Waals surface area contributed by atoms with E-state index in [2.05, 4.69) is 4.98 Å². The highest BCUT2D eigenvalue weighted by Gasteiger charge is 2.11. The van der Waals surface area contributed by atoms with Crippen LogP contribution >= 0.6 is 11.6 Å². The van der Waals surface area contributed by atoms with Crippen LogP contribution in [0.1, 0.15) is 5.56 Å². The lowest BCUT2D eigenvalue weighted by molar-refractivity contribution is 0.475. The number of hydrogen-bond acceptors (Lipinski definition) is 2. The maximum absolute atomic E-state index is 9.31. The van der Waals surface area contributed by atoms with Crippen LogP contribution in [0.2, 0.25) is 5.15 Å². The van der Waals surface area contributed by atoms with E-state index < -0.39 is 0 Å². The van der Waals surface area contributed by atoms with Gasteiger partial charge in [0.1, 0.15) is 11.6 Å². The van der Waals surface area contributed by atoms with Gasteiger partial charge in [-0.15, -0.1) is 0 Å². The molecule has 0 unspecified atom stereocenters. The van der Waals surface area contributed by atoms with Gasteiger partial charge in [-0.1, -0.05) is 17.7 Å². The number of imidazole rings is 1. The number of pyridine rings is 1. The lowest BCUT2D eigenvalue weighted by Gasteiger charge is -2.02. The Morgan fingerprint density at radius 2 is 1.83 bits per heavy atom. The van der Waals surface area contributed by atoms with Gasteiger partial charge in [-0.3, -0.25) is 4.40 Å². The fourth-order valence-electron chi connectivity index (χ4n) is 1.97. The average Bonchev–Trinajstić information content (AvgIpc) is 2.67. The summed E-state index contributed by atoms with van der Waals surface area (Å²) in [5, 5.41) is 9.80. The molecule has 18 heavy (non-hydrogen) atoms. The molecular formula is C14H11ClN2O.